The van der Waals surface area contributed by atoms with Crippen molar-refractivity contribution >= 4 is 11.3 Å². The SMILES string of the molecule is Cc1nc(CC2(CNC(C)(C)C)CCCCC2)cs1. The number of aromatic nitrogens is 1. The average molecular weight is 280 g/mol. The van der Waals surface area contributed by atoms with Crippen LogP contribution in [0.2, 0.25) is 0 Å². The molecule has 1 fully saturated rings. The number of nitrogens with one attached hydrogen (secondary N) is 1. The van der Waals surface area contributed by atoms with Crippen molar-refractivity contribution in [3.05, 3.63) is 16.1 Å². The molecule has 1 aliphatic rings. The number of hydrogen-bond donors (Lipinski definition) is 1. The Morgan fingerprint density at radius 1 is 1.26 bits per heavy atom. The zero-order chi connectivity index (χ0) is 13.9. The van der Waals surface area contributed by atoms with Gasteiger partial charge < -0.3 is 5.32 Å². The van der Waals surface area contributed by atoms with Crippen molar-refractivity contribution < 1.29 is 0 Å². The van der Waals surface area contributed by atoms with Gasteiger partial charge in [-0.2, -0.15) is 0 Å². The standard InChI is InChI=1S/C16H28N2S/c1-13-18-14(11-19-13)10-16(8-6-5-7-9-16)12-17-15(2,3)4/h11,17H,5-10,12H2,1-4H3. The molecule has 0 saturated heterocycles. The van der Waals surface area contributed by atoms with Crippen LogP contribution in [-0.2, 0) is 6.42 Å². The highest BCUT2D eigenvalue weighted by atomic mass is 32.1. The van der Waals surface area contributed by atoms with Gasteiger partial charge >= 0.3 is 0 Å². The van der Waals surface area contributed by atoms with Gasteiger partial charge in [-0.3, -0.25) is 0 Å². The molecule has 0 atom stereocenters. The fourth-order valence-corrected chi connectivity index (χ4v) is 3.66. The lowest BCUT2D eigenvalue weighted by Crippen LogP contribution is -2.45. The van der Waals surface area contributed by atoms with Gasteiger partial charge in [-0.25, -0.2) is 4.98 Å². The predicted octanol–water partition coefficient (Wildman–Crippen LogP) is 4.33. The van der Waals surface area contributed by atoms with Gasteiger partial charge in [0.25, 0.3) is 0 Å². The Bertz CT molecular complexity index is 397. The molecule has 1 N–H and O–H groups in total. The lowest BCUT2D eigenvalue weighted by Gasteiger charge is -2.39. The maximum Gasteiger partial charge on any atom is 0.0897 e. The summed E-state index contributed by atoms with van der Waals surface area (Å²) in [6.45, 7) is 10.0. The molecule has 108 valence electrons. The lowest BCUT2D eigenvalue weighted by molar-refractivity contribution is 0.164. The first-order valence-corrected chi connectivity index (χ1v) is 8.43. The highest BCUT2D eigenvalue weighted by Gasteiger charge is 2.33. The number of hydrogen-bond acceptors (Lipinski definition) is 3. The molecular weight excluding hydrogens is 252 g/mol. The lowest BCUT2D eigenvalue weighted by atomic mass is 9.71. The molecule has 1 aromatic rings. The zero-order valence-electron chi connectivity index (χ0n) is 12.9. The minimum absolute atomic E-state index is 0.211. The van der Waals surface area contributed by atoms with E-state index in [1.54, 1.807) is 11.3 Å². The third-order valence-corrected chi connectivity index (χ3v) is 4.95. The van der Waals surface area contributed by atoms with Gasteiger partial charge in [0.05, 0.1) is 10.7 Å². The molecule has 0 aromatic carbocycles. The first-order chi connectivity index (χ1) is 8.89. The molecule has 0 amide bonds. The van der Waals surface area contributed by atoms with Crippen molar-refractivity contribution in [2.24, 2.45) is 5.41 Å². The van der Waals surface area contributed by atoms with Crippen molar-refractivity contribution in [1.29, 1.82) is 0 Å². The highest BCUT2D eigenvalue weighted by molar-refractivity contribution is 7.09. The second-order valence-electron chi connectivity index (χ2n) is 7.20. The second kappa shape index (κ2) is 5.92. The normalized spacial score (nSPS) is 19.6. The molecule has 0 bridgehead atoms. The van der Waals surface area contributed by atoms with E-state index in [0.717, 1.165) is 13.0 Å². The van der Waals surface area contributed by atoms with Crippen molar-refractivity contribution in [1.82, 2.24) is 10.3 Å². The third-order valence-electron chi connectivity index (χ3n) is 4.13. The molecule has 2 nitrogen and oxygen atoms in total. The van der Waals surface area contributed by atoms with Crippen LogP contribution in [0.15, 0.2) is 5.38 Å². The molecule has 1 aliphatic carbocycles. The third kappa shape index (κ3) is 4.57. The Balaban J connectivity index is 2.05. The number of rotatable bonds is 4. The summed E-state index contributed by atoms with van der Waals surface area (Å²) in [6, 6.07) is 0. The Morgan fingerprint density at radius 2 is 1.95 bits per heavy atom. The molecule has 0 spiro atoms. The quantitative estimate of drug-likeness (QED) is 0.888. The van der Waals surface area contributed by atoms with Gasteiger partial charge in [0.15, 0.2) is 0 Å². The van der Waals surface area contributed by atoms with Crippen molar-refractivity contribution in [3.63, 3.8) is 0 Å². The minimum Gasteiger partial charge on any atom is -0.312 e. The van der Waals surface area contributed by atoms with Crippen LogP contribution >= 0.6 is 11.3 Å². The van der Waals surface area contributed by atoms with Crippen LogP contribution in [0, 0.1) is 12.3 Å². The Morgan fingerprint density at radius 3 is 2.47 bits per heavy atom. The van der Waals surface area contributed by atoms with Gasteiger partial charge in [0.2, 0.25) is 0 Å². The zero-order valence-corrected chi connectivity index (χ0v) is 13.7. The molecule has 1 aromatic heterocycles. The fraction of sp³-hybridized carbons (Fsp3) is 0.812. The molecule has 1 heterocycles. The van der Waals surface area contributed by atoms with E-state index >= 15 is 0 Å². The monoisotopic (exact) mass is 280 g/mol. The maximum atomic E-state index is 4.68. The molecule has 1 saturated carbocycles. The minimum atomic E-state index is 0.211. The topological polar surface area (TPSA) is 24.9 Å². The van der Waals surface area contributed by atoms with Gasteiger partial charge in [0.1, 0.15) is 0 Å². The fourth-order valence-electron chi connectivity index (χ4n) is 3.04. The van der Waals surface area contributed by atoms with E-state index in [4.69, 9.17) is 0 Å². The van der Waals surface area contributed by atoms with Crippen molar-refractivity contribution in [2.45, 2.75) is 71.8 Å². The number of aryl methyl sites for hydroxylation is 1. The average Bonchev–Trinajstić information content (AvgIpc) is 2.73. The van der Waals surface area contributed by atoms with Crippen molar-refractivity contribution in [3.8, 4) is 0 Å². The van der Waals surface area contributed by atoms with Gasteiger partial charge in [-0.05, 0) is 52.4 Å². The first kappa shape index (κ1) is 15.0. The smallest absolute Gasteiger partial charge is 0.0897 e. The van der Waals surface area contributed by atoms with Crippen LogP contribution < -0.4 is 5.32 Å². The van der Waals surface area contributed by atoms with Gasteiger partial charge in [-0.15, -0.1) is 11.3 Å². The van der Waals surface area contributed by atoms with Crippen LogP contribution in [0.4, 0.5) is 0 Å². The second-order valence-corrected chi connectivity index (χ2v) is 8.26. The molecule has 0 aliphatic heterocycles. The summed E-state index contributed by atoms with van der Waals surface area (Å²) in [6.07, 6.45) is 8.04. The summed E-state index contributed by atoms with van der Waals surface area (Å²) in [4.78, 5) is 4.68. The summed E-state index contributed by atoms with van der Waals surface area (Å²) in [5.41, 5.74) is 1.95. The molecular formula is C16H28N2S. The van der Waals surface area contributed by atoms with Crippen LogP contribution in [0.25, 0.3) is 0 Å². The summed E-state index contributed by atoms with van der Waals surface area (Å²) < 4.78 is 0. The van der Waals surface area contributed by atoms with Crippen LogP contribution in [0.5, 0.6) is 0 Å². The van der Waals surface area contributed by atoms with E-state index in [9.17, 15) is 0 Å². The van der Waals surface area contributed by atoms with E-state index in [1.807, 2.05) is 0 Å². The van der Waals surface area contributed by atoms with Gasteiger partial charge in [-0.1, -0.05) is 19.3 Å². The maximum absolute atomic E-state index is 4.68. The van der Waals surface area contributed by atoms with Crippen LogP contribution in [0.3, 0.4) is 0 Å². The number of thiazole rings is 1. The Hall–Kier alpha value is -0.410. The van der Waals surface area contributed by atoms with E-state index in [1.165, 1.54) is 42.8 Å². The number of nitrogens with zero attached hydrogens (tertiary/aromatic N) is 1. The first-order valence-electron chi connectivity index (χ1n) is 7.55. The van der Waals surface area contributed by atoms with Crippen molar-refractivity contribution in [2.75, 3.05) is 6.54 Å². The summed E-state index contributed by atoms with van der Waals surface area (Å²) in [5, 5.41) is 7.19. The molecule has 3 heteroatoms. The summed E-state index contributed by atoms with van der Waals surface area (Å²) in [7, 11) is 0. The summed E-state index contributed by atoms with van der Waals surface area (Å²) >= 11 is 1.78. The largest absolute Gasteiger partial charge is 0.312 e. The molecule has 2 rings (SSSR count). The Labute approximate surface area is 122 Å². The molecule has 19 heavy (non-hydrogen) atoms. The van der Waals surface area contributed by atoms with E-state index in [-0.39, 0.29) is 5.54 Å². The molecule has 0 radical (unpaired) electrons. The Kier molecular flexibility index (Phi) is 4.67. The highest BCUT2D eigenvalue weighted by Crippen LogP contribution is 2.39. The van der Waals surface area contributed by atoms with Crippen LogP contribution in [-0.4, -0.2) is 17.1 Å². The van der Waals surface area contributed by atoms with E-state index < -0.39 is 0 Å². The summed E-state index contributed by atoms with van der Waals surface area (Å²) in [5.74, 6) is 0. The van der Waals surface area contributed by atoms with Crippen LogP contribution in [0.1, 0.15) is 63.6 Å². The predicted molar refractivity (Wildman–Crippen MR) is 83.8 cm³/mol. The van der Waals surface area contributed by atoms with Gasteiger partial charge in [0, 0.05) is 17.5 Å². The van der Waals surface area contributed by atoms with E-state index in [2.05, 4.69) is 43.4 Å². The molecule has 0 unspecified atom stereocenters. The van der Waals surface area contributed by atoms with E-state index in [0.29, 0.717) is 5.41 Å².